The highest BCUT2D eigenvalue weighted by molar-refractivity contribution is 7.89. The first-order chi connectivity index (χ1) is 15.2. The molecule has 168 valence electrons. The molecule has 3 rings (SSSR count). The van der Waals surface area contributed by atoms with Crippen LogP contribution in [0.25, 0.3) is 0 Å². The van der Waals surface area contributed by atoms with Crippen LogP contribution in [0.15, 0.2) is 53.4 Å². The molecule has 1 fully saturated rings. The Hall–Kier alpha value is -3.33. The van der Waals surface area contributed by atoms with Gasteiger partial charge in [0.15, 0.2) is 0 Å². The largest absolute Gasteiger partial charge is 0.339 e. The summed E-state index contributed by atoms with van der Waals surface area (Å²) in [4.78, 5) is 26.9. The number of carbonyl (C=O) groups is 1. The third-order valence-electron chi connectivity index (χ3n) is 5.30. The highest BCUT2D eigenvalue weighted by Crippen LogP contribution is 2.17. The van der Waals surface area contributed by atoms with E-state index in [2.05, 4.69) is 4.90 Å². The monoisotopic (exact) mass is 457 g/mol. The van der Waals surface area contributed by atoms with E-state index in [0.717, 1.165) is 9.87 Å². The van der Waals surface area contributed by atoms with Crippen LogP contribution < -0.4 is 0 Å². The minimum absolute atomic E-state index is 0.0218. The van der Waals surface area contributed by atoms with Crippen LogP contribution in [0.3, 0.4) is 0 Å². The molecule has 32 heavy (non-hydrogen) atoms. The third kappa shape index (κ3) is 5.47. The van der Waals surface area contributed by atoms with E-state index < -0.39 is 14.9 Å². The van der Waals surface area contributed by atoms with Gasteiger partial charge < -0.3 is 4.90 Å². The fourth-order valence-electron chi connectivity index (χ4n) is 3.44. The molecule has 0 unspecified atom stereocenters. The van der Waals surface area contributed by atoms with E-state index in [1.165, 1.54) is 37.4 Å². The SMILES string of the molecule is CN(CC(=O)N1CCN(Cc2cccc([N+](=O)[O-])c2)CC1)S(=O)(=O)c1ccc(C#N)cc1. The van der Waals surface area contributed by atoms with Gasteiger partial charge >= 0.3 is 0 Å². The zero-order valence-electron chi connectivity index (χ0n) is 17.5. The smallest absolute Gasteiger partial charge is 0.269 e. The number of non-ortho nitro benzene ring substituents is 1. The van der Waals surface area contributed by atoms with E-state index in [1.807, 2.05) is 12.1 Å². The number of hydrogen-bond donors (Lipinski definition) is 0. The number of sulfonamides is 1. The van der Waals surface area contributed by atoms with Crippen molar-refractivity contribution in [3.05, 3.63) is 69.8 Å². The molecule has 1 amide bonds. The number of nitro benzene ring substituents is 1. The zero-order valence-corrected chi connectivity index (χ0v) is 18.4. The van der Waals surface area contributed by atoms with Crippen molar-refractivity contribution >= 4 is 21.6 Å². The minimum atomic E-state index is -3.85. The maximum Gasteiger partial charge on any atom is 0.269 e. The van der Waals surface area contributed by atoms with Crippen molar-refractivity contribution in [1.82, 2.24) is 14.1 Å². The normalized spacial score (nSPS) is 14.8. The number of hydrogen-bond acceptors (Lipinski definition) is 7. The van der Waals surface area contributed by atoms with Gasteiger partial charge in [-0.25, -0.2) is 8.42 Å². The Kier molecular flexibility index (Phi) is 7.19. The molecule has 10 nitrogen and oxygen atoms in total. The van der Waals surface area contributed by atoms with Gasteiger partial charge in [-0.3, -0.25) is 19.8 Å². The van der Waals surface area contributed by atoms with Gasteiger partial charge in [-0.1, -0.05) is 12.1 Å². The van der Waals surface area contributed by atoms with Crippen molar-refractivity contribution in [2.45, 2.75) is 11.4 Å². The number of amides is 1. The van der Waals surface area contributed by atoms with Crippen LogP contribution in [0.2, 0.25) is 0 Å². The Morgan fingerprint density at radius 1 is 1.16 bits per heavy atom. The number of likely N-dealkylation sites (N-methyl/N-ethyl adjacent to an activating group) is 1. The Balaban J connectivity index is 1.54. The van der Waals surface area contributed by atoms with Crippen LogP contribution >= 0.6 is 0 Å². The first-order valence-electron chi connectivity index (χ1n) is 9.90. The second kappa shape index (κ2) is 9.86. The Labute approximate surface area is 186 Å². The summed E-state index contributed by atoms with van der Waals surface area (Å²) in [6.07, 6.45) is 0. The predicted octanol–water partition coefficient (Wildman–Crippen LogP) is 1.43. The van der Waals surface area contributed by atoms with Gasteiger partial charge in [0.1, 0.15) is 0 Å². The summed E-state index contributed by atoms with van der Waals surface area (Å²) in [5, 5.41) is 19.8. The van der Waals surface area contributed by atoms with Crippen molar-refractivity contribution in [2.75, 3.05) is 39.8 Å². The summed E-state index contributed by atoms with van der Waals surface area (Å²) in [5.74, 6) is -0.292. The Bertz CT molecular complexity index is 1140. The fraction of sp³-hybridized carbons (Fsp3) is 0.333. The predicted molar refractivity (Wildman–Crippen MR) is 116 cm³/mol. The number of carbonyl (C=O) groups excluding carboxylic acids is 1. The highest BCUT2D eigenvalue weighted by Gasteiger charge is 2.27. The lowest BCUT2D eigenvalue weighted by Crippen LogP contribution is -2.51. The van der Waals surface area contributed by atoms with Gasteiger partial charge in [0.05, 0.1) is 28.0 Å². The second-order valence-corrected chi connectivity index (χ2v) is 9.53. The van der Waals surface area contributed by atoms with Crippen LogP contribution in [0.5, 0.6) is 0 Å². The van der Waals surface area contributed by atoms with E-state index in [-0.39, 0.29) is 23.0 Å². The van der Waals surface area contributed by atoms with E-state index in [1.54, 1.807) is 17.0 Å². The average molecular weight is 458 g/mol. The van der Waals surface area contributed by atoms with Crippen LogP contribution in [0.1, 0.15) is 11.1 Å². The molecule has 0 spiro atoms. The lowest BCUT2D eigenvalue weighted by atomic mass is 10.1. The fourth-order valence-corrected chi connectivity index (χ4v) is 4.56. The molecule has 0 radical (unpaired) electrons. The molecule has 1 saturated heterocycles. The van der Waals surface area contributed by atoms with E-state index >= 15 is 0 Å². The molecule has 2 aromatic rings. The van der Waals surface area contributed by atoms with Gasteiger partial charge in [-0.2, -0.15) is 9.57 Å². The topological polar surface area (TPSA) is 128 Å². The lowest BCUT2D eigenvalue weighted by Gasteiger charge is -2.35. The molecule has 0 N–H and O–H groups in total. The van der Waals surface area contributed by atoms with Gasteiger partial charge in [-0.05, 0) is 29.8 Å². The second-order valence-electron chi connectivity index (χ2n) is 7.48. The van der Waals surface area contributed by atoms with E-state index in [4.69, 9.17) is 5.26 Å². The maximum atomic E-state index is 12.7. The molecule has 2 aromatic carbocycles. The average Bonchev–Trinajstić information content (AvgIpc) is 2.79. The van der Waals surface area contributed by atoms with Gasteiger partial charge in [0.2, 0.25) is 15.9 Å². The molecule has 1 aliphatic rings. The molecule has 0 atom stereocenters. The molecule has 0 bridgehead atoms. The maximum absolute atomic E-state index is 12.7. The van der Waals surface area contributed by atoms with Crippen molar-refractivity contribution in [3.63, 3.8) is 0 Å². The first kappa shape index (κ1) is 23.3. The number of nitro groups is 1. The quantitative estimate of drug-likeness (QED) is 0.454. The van der Waals surface area contributed by atoms with Crippen molar-refractivity contribution in [2.24, 2.45) is 0 Å². The summed E-state index contributed by atoms with van der Waals surface area (Å²) in [6.45, 7) is 2.31. The van der Waals surface area contributed by atoms with Crippen LogP contribution in [-0.4, -0.2) is 73.1 Å². The summed E-state index contributed by atoms with van der Waals surface area (Å²) in [5.41, 5.74) is 1.22. The zero-order chi connectivity index (χ0) is 23.3. The highest BCUT2D eigenvalue weighted by atomic mass is 32.2. The molecular formula is C21H23N5O5S. The molecule has 0 aliphatic carbocycles. The van der Waals surface area contributed by atoms with E-state index in [0.29, 0.717) is 38.3 Å². The number of piperazine rings is 1. The van der Waals surface area contributed by atoms with Gasteiger partial charge in [0.25, 0.3) is 5.69 Å². The standard InChI is InChI=1S/C21H23N5O5S/c1-23(32(30,31)20-7-5-17(14-22)6-8-20)16-21(27)25-11-9-24(10-12-25)15-18-3-2-4-19(13-18)26(28)29/h2-8,13H,9-12,15-16H2,1H3. The summed E-state index contributed by atoms with van der Waals surface area (Å²) < 4.78 is 26.4. The summed E-state index contributed by atoms with van der Waals surface area (Å²) in [7, 11) is -2.50. The van der Waals surface area contributed by atoms with Crippen LogP contribution in [0, 0.1) is 21.4 Å². The van der Waals surface area contributed by atoms with Crippen molar-refractivity contribution in [3.8, 4) is 6.07 Å². The van der Waals surface area contributed by atoms with Crippen molar-refractivity contribution in [1.29, 1.82) is 5.26 Å². The molecule has 11 heteroatoms. The van der Waals surface area contributed by atoms with Crippen LogP contribution in [0.4, 0.5) is 5.69 Å². The Morgan fingerprint density at radius 3 is 2.41 bits per heavy atom. The van der Waals surface area contributed by atoms with Crippen molar-refractivity contribution < 1.29 is 18.1 Å². The Morgan fingerprint density at radius 2 is 1.81 bits per heavy atom. The van der Waals surface area contributed by atoms with Gasteiger partial charge in [-0.15, -0.1) is 0 Å². The molecular weight excluding hydrogens is 434 g/mol. The molecule has 0 saturated carbocycles. The number of nitrogens with zero attached hydrogens (tertiary/aromatic N) is 5. The molecule has 0 aromatic heterocycles. The summed E-state index contributed by atoms with van der Waals surface area (Å²) >= 11 is 0. The lowest BCUT2D eigenvalue weighted by molar-refractivity contribution is -0.384. The van der Waals surface area contributed by atoms with Crippen LogP contribution in [-0.2, 0) is 21.4 Å². The third-order valence-corrected chi connectivity index (χ3v) is 7.12. The minimum Gasteiger partial charge on any atom is -0.339 e. The number of nitriles is 1. The van der Waals surface area contributed by atoms with Gasteiger partial charge in [0, 0.05) is 51.9 Å². The number of benzene rings is 2. The summed E-state index contributed by atoms with van der Waals surface area (Å²) in [6, 6.07) is 13.9. The molecule has 1 aliphatic heterocycles. The van der Waals surface area contributed by atoms with E-state index in [9.17, 15) is 23.3 Å². The number of rotatable bonds is 7. The first-order valence-corrected chi connectivity index (χ1v) is 11.3. The molecule has 1 heterocycles.